The van der Waals surface area contributed by atoms with Gasteiger partial charge in [-0.25, -0.2) is 4.79 Å². The number of hydrogen-bond acceptors (Lipinski definition) is 2. The molecular formula is C27H43N3O. The molecule has 4 nitrogen and oxygen atoms in total. The number of carbonyl (C=O) groups excluding carboxylic acids is 1. The lowest BCUT2D eigenvalue weighted by Crippen LogP contribution is -2.46. The number of aryl methyl sites for hydroxylation is 1. The fraction of sp³-hybridized carbons (Fsp3) is 0.778. The van der Waals surface area contributed by atoms with Crippen LogP contribution in [0.1, 0.15) is 89.5 Å². The number of carbonyl (C=O) groups is 1. The van der Waals surface area contributed by atoms with Crippen LogP contribution in [0.25, 0.3) is 0 Å². The van der Waals surface area contributed by atoms with E-state index in [0.717, 1.165) is 56.7 Å². The molecule has 0 atom stereocenters. The Labute approximate surface area is 189 Å². The molecule has 1 aromatic heterocycles. The van der Waals surface area contributed by atoms with Crippen LogP contribution < -0.4 is 5.32 Å². The van der Waals surface area contributed by atoms with Crippen molar-refractivity contribution < 1.29 is 4.79 Å². The highest BCUT2D eigenvalue weighted by molar-refractivity contribution is 5.74. The summed E-state index contributed by atoms with van der Waals surface area (Å²) < 4.78 is 0. The van der Waals surface area contributed by atoms with Crippen molar-refractivity contribution in [3.63, 3.8) is 0 Å². The lowest BCUT2D eigenvalue weighted by Gasteiger charge is -2.57. The van der Waals surface area contributed by atoms with Crippen LogP contribution in [0.2, 0.25) is 0 Å². The monoisotopic (exact) mass is 425 g/mol. The molecule has 0 aromatic carbocycles. The van der Waals surface area contributed by atoms with Gasteiger partial charge in [0.25, 0.3) is 0 Å². The predicted molar refractivity (Wildman–Crippen MR) is 127 cm³/mol. The maximum atomic E-state index is 12.9. The highest BCUT2D eigenvalue weighted by Gasteiger charge is 2.50. The van der Waals surface area contributed by atoms with Gasteiger partial charge in [-0.05, 0) is 111 Å². The van der Waals surface area contributed by atoms with Crippen LogP contribution >= 0.6 is 0 Å². The predicted octanol–water partition coefficient (Wildman–Crippen LogP) is 6.21. The third kappa shape index (κ3) is 6.23. The third-order valence-electron chi connectivity index (χ3n) is 8.29. The molecule has 0 radical (unpaired) electrons. The number of unbranched alkanes of at least 4 members (excludes halogenated alkanes) is 2. The van der Waals surface area contributed by atoms with E-state index in [9.17, 15) is 4.79 Å². The molecule has 5 rings (SSSR count). The van der Waals surface area contributed by atoms with Gasteiger partial charge in [0.2, 0.25) is 0 Å². The molecule has 0 aliphatic heterocycles. The molecule has 1 N–H and O–H groups in total. The van der Waals surface area contributed by atoms with Crippen LogP contribution in [0.5, 0.6) is 0 Å². The molecule has 2 amide bonds. The Kier molecular flexibility index (Phi) is 7.90. The summed E-state index contributed by atoms with van der Waals surface area (Å²) in [4.78, 5) is 19.1. The van der Waals surface area contributed by atoms with Crippen LogP contribution in [0, 0.1) is 23.2 Å². The molecular weight excluding hydrogens is 382 g/mol. The van der Waals surface area contributed by atoms with Gasteiger partial charge in [-0.3, -0.25) is 4.98 Å². The first-order chi connectivity index (χ1) is 15.2. The molecule has 4 fully saturated rings. The standard InChI is InChI=1S/C27H43N3O/c1-2-3-4-14-30(26(31)29-11-5-7-22-8-12-28-13-9-22)15-6-10-27-19-23-16-24(20-27)18-25(17-23)21-27/h8-9,12-13,23-25H,2-7,10-11,14-21H2,1H3,(H,29,31). The van der Waals surface area contributed by atoms with E-state index in [1.165, 1.54) is 69.8 Å². The topological polar surface area (TPSA) is 45.2 Å². The summed E-state index contributed by atoms with van der Waals surface area (Å²) in [7, 11) is 0. The van der Waals surface area contributed by atoms with Gasteiger partial charge in [-0.2, -0.15) is 0 Å². The van der Waals surface area contributed by atoms with Gasteiger partial charge in [0.05, 0.1) is 0 Å². The number of nitrogens with zero attached hydrogens (tertiary/aromatic N) is 2. The van der Waals surface area contributed by atoms with Crippen molar-refractivity contribution in [2.75, 3.05) is 19.6 Å². The van der Waals surface area contributed by atoms with Gasteiger partial charge in [-0.1, -0.05) is 19.8 Å². The Morgan fingerprint density at radius 1 is 1.00 bits per heavy atom. The number of hydrogen-bond donors (Lipinski definition) is 1. The van der Waals surface area contributed by atoms with Crippen molar-refractivity contribution >= 4 is 6.03 Å². The first-order valence-electron chi connectivity index (χ1n) is 13.1. The molecule has 1 heterocycles. The fourth-order valence-electron chi connectivity index (χ4n) is 7.26. The summed E-state index contributed by atoms with van der Waals surface area (Å²) in [6, 6.07) is 4.27. The fourth-order valence-corrected chi connectivity index (χ4v) is 7.26. The van der Waals surface area contributed by atoms with Crippen molar-refractivity contribution in [3.8, 4) is 0 Å². The molecule has 4 aliphatic rings. The minimum atomic E-state index is 0.149. The minimum Gasteiger partial charge on any atom is -0.338 e. The zero-order valence-corrected chi connectivity index (χ0v) is 19.7. The Hall–Kier alpha value is -1.58. The second kappa shape index (κ2) is 10.8. The number of aromatic nitrogens is 1. The zero-order valence-electron chi connectivity index (χ0n) is 19.7. The molecule has 0 spiro atoms. The molecule has 4 aliphatic carbocycles. The first-order valence-corrected chi connectivity index (χ1v) is 13.1. The largest absolute Gasteiger partial charge is 0.338 e. The third-order valence-corrected chi connectivity index (χ3v) is 8.29. The molecule has 0 saturated heterocycles. The minimum absolute atomic E-state index is 0.149. The molecule has 4 heteroatoms. The van der Waals surface area contributed by atoms with Crippen molar-refractivity contribution in [3.05, 3.63) is 30.1 Å². The Balaban J connectivity index is 1.21. The maximum Gasteiger partial charge on any atom is 0.317 e. The molecule has 4 saturated carbocycles. The molecule has 1 aromatic rings. The molecule has 172 valence electrons. The van der Waals surface area contributed by atoms with Crippen molar-refractivity contribution in [1.29, 1.82) is 0 Å². The van der Waals surface area contributed by atoms with Crippen LogP contribution in [0.4, 0.5) is 4.79 Å². The summed E-state index contributed by atoms with van der Waals surface area (Å²) in [6.07, 6.45) is 20.7. The number of urea groups is 1. The number of amides is 2. The van der Waals surface area contributed by atoms with Gasteiger partial charge >= 0.3 is 6.03 Å². The van der Waals surface area contributed by atoms with E-state index in [2.05, 4.69) is 34.3 Å². The highest BCUT2D eigenvalue weighted by Crippen LogP contribution is 2.61. The SMILES string of the molecule is CCCCCN(CCCC12CC3CC(CC(C3)C1)C2)C(=O)NCCCc1ccncc1. The summed E-state index contributed by atoms with van der Waals surface area (Å²) in [5.74, 6) is 3.07. The van der Waals surface area contributed by atoms with E-state index >= 15 is 0 Å². The highest BCUT2D eigenvalue weighted by atomic mass is 16.2. The number of nitrogens with one attached hydrogen (secondary N) is 1. The second-order valence-corrected chi connectivity index (χ2v) is 10.9. The van der Waals surface area contributed by atoms with Gasteiger partial charge in [0, 0.05) is 32.0 Å². The Morgan fingerprint density at radius 2 is 1.65 bits per heavy atom. The normalized spacial score (nSPS) is 28.6. The van der Waals surface area contributed by atoms with Crippen molar-refractivity contribution in [2.24, 2.45) is 23.2 Å². The van der Waals surface area contributed by atoms with Crippen LogP contribution in [0.15, 0.2) is 24.5 Å². The quantitative estimate of drug-likeness (QED) is 0.404. The van der Waals surface area contributed by atoms with E-state index in [1.807, 2.05) is 12.4 Å². The molecule has 31 heavy (non-hydrogen) atoms. The maximum absolute atomic E-state index is 12.9. The molecule has 4 bridgehead atoms. The lowest BCUT2D eigenvalue weighted by molar-refractivity contribution is -0.0586. The van der Waals surface area contributed by atoms with Crippen molar-refractivity contribution in [2.45, 2.75) is 90.4 Å². The smallest absolute Gasteiger partial charge is 0.317 e. The van der Waals surface area contributed by atoms with E-state index in [4.69, 9.17) is 0 Å². The van der Waals surface area contributed by atoms with Gasteiger partial charge in [0.1, 0.15) is 0 Å². The van der Waals surface area contributed by atoms with Gasteiger partial charge < -0.3 is 10.2 Å². The lowest BCUT2D eigenvalue weighted by atomic mass is 9.48. The summed E-state index contributed by atoms with van der Waals surface area (Å²) in [5, 5.41) is 3.20. The van der Waals surface area contributed by atoms with E-state index in [-0.39, 0.29) is 6.03 Å². The Bertz CT molecular complexity index is 654. The van der Waals surface area contributed by atoms with E-state index < -0.39 is 0 Å². The summed E-state index contributed by atoms with van der Waals surface area (Å²) >= 11 is 0. The second-order valence-electron chi connectivity index (χ2n) is 10.9. The van der Waals surface area contributed by atoms with Gasteiger partial charge in [-0.15, -0.1) is 0 Å². The number of rotatable bonds is 12. The summed E-state index contributed by atoms with van der Waals surface area (Å²) in [5.41, 5.74) is 1.92. The first kappa shape index (κ1) is 22.6. The Morgan fingerprint density at radius 3 is 2.29 bits per heavy atom. The van der Waals surface area contributed by atoms with Crippen LogP contribution in [0.3, 0.4) is 0 Å². The molecule has 0 unspecified atom stereocenters. The van der Waals surface area contributed by atoms with Gasteiger partial charge in [0.15, 0.2) is 0 Å². The van der Waals surface area contributed by atoms with Crippen LogP contribution in [-0.4, -0.2) is 35.5 Å². The zero-order chi connectivity index (χ0) is 21.5. The average molecular weight is 426 g/mol. The number of pyridine rings is 1. The van der Waals surface area contributed by atoms with E-state index in [0.29, 0.717) is 5.41 Å². The summed E-state index contributed by atoms with van der Waals surface area (Å²) in [6.45, 7) is 4.82. The van der Waals surface area contributed by atoms with E-state index in [1.54, 1.807) is 0 Å². The van der Waals surface area contributed by atoms with Crippen molar-refractivity contribution in [1.82, 2.24) is 15.2 Å². The van der Waals surface area contributed by atoms with Crippen LogP contribution in [-0.2, 0) is 6.42 Å². The average Bonchev–Trinajstić information content (AvgIpc) is 2.75.